The van der Waals surface area contributed by atoms with Crippen molar-refractivity contribution in [3.05, 3.63) is 23.8 Å². The van der Waals surface area contributed by atoms with Crippen LogP contribution in [0.3, 0.4) is 0 Å². The number of carbonyl (C=O) groups excluding carboxylic acids is 2. The van der Waals surface area contributed by atoms with Crippen LogP contribution in [0.15, 0.2) is 18.2 Å². The number of methoxy groups -OCH3 is 1. The zero-order valence-corrected chi connectivity index (χ0v) is 14.5. The normalized spacial score (nSPS) is 12.3. The van der Waals surface area contributed by atoms with Crippen molar-refractivity contribution in [1.82, 2.24) is 5.32 Å². The second-order valence-corrected chi connectivity index (χ2v) is 7.62. The van der Waals surface area contributed by atoms with Crippen molar-refractivity contribution in [3.63, 3.8) is 0 Å². The van der Waals surface area contributed by atoms with Gasteiger partial charge in [-0.1, -0.05) is 6.07 Å². The molecule has 23 heavy (non-hydrogen) atoms. The highest BCUT2D eigenvalue weighted by Gasteiger charge is 2.22. The van der Waals surface area contributed by atoms with Crippen LogP contribution in [0.4, 0.5) is 5.69 Å². The first-order valence-corrected chi connectivity index (χ1v) is 9.09. The Hall–Kier alpha value is -2.09. The van der Waals surface area contributed by atoms with E-state index in [1.54, 1.807) is 12.1 Å². The number of anilines is 1. The van der Waals surface area contributed by atoms with Crippen LogP contribution < -0.4 is 15.4 Å². The molecule has 1 aromatic rings. The lowest BCUT2D eigenvalue weighted by atomic mass is 10.1. The van der Waals surface area contributed by atoms with Crippen LogP contribution in [0.5, 0.6) is 5.75 Å². The monoisotopic (exact) mass is 342 g/mol. The Morgan fingerprint density at radius 2 is 1.96 bits per heavy atom. The third-order valence-electron chi connectivity index (χ3n) is 3.08. The Morgan fingerprint density at radius 3 is 2.48 bits per heavy atom. The minimum absolute atomic E-state index is 0.00161. The number of rotatable bonds is 7. The quantitative estimate of drug-likeness (QED) is 0.766. The highest BCUT2D eigenvalue weighted by Crippen LogP contribution is 2.25. The third kappa shape index (κ3) is 6.68. The maximum atomic E-state index is 12.4. The molecule has 0 saturated carbocycles. The summed E-state index contributed by atoms with van der Waals surface area (Å²) in [5.74, 6) is -0.618. The van der Waals surface area contributed by atoms with Crippen molar-refractivity contribution >= 4 is 27.3 Å². The first kappa shape index (κ1) is 19.0. The summed E-state index contributed by atoms with van der Waals surface area (Å²) in [4.78, 5) is 23.6. The minimum atomic E-state index is -3.24. The third-order valence-corrected chi connectivity index (χ3v) is 4.06. The molecule has 0 aliphatic heterocycles. The first-order valence-electron chi connectivity index (χ1n) is 7.02. The molecule has 0 aliphatic rings. The number of hydrogen-bond donors (Lipinski definition) is 2. The van der Waals surface area contributed by atoms with Crippen LogP contribution in [-0.4, -0.2) is 45.4 Å². The molecule has 1 aromatic carbocycles. The number of amides is 2. The van der Waals surface area contributed by atoms with Crippen LogP contribution in [0.1, 0.15) is 18.9 Å². The lowest BCUT2D eigenvalue weighted by molar-refractivity contribution is -0.125. The van der Waals surface area contributed by atoms with Gasteiger partial charge in [0, 0.05) is 13.2 Å². The van der Waals surface area contributed by atoms with Crippen molar-refractivity contribution in [1.29, 1.82) is 0 Å². The van der Waals surface area contributed by atoms with Crippen LogP contribution in [0.25, 0.3) is 0 Å². The summed E-state index contributed by atoms with van der Waals surface area (Å²) in [6.45, 7) is 3.14. The van der Waals surface area contributed by atoms with Gasteiger partial charge in [-0.2, -0.15) is 0 Å². The van der Waals surface area contributed by atoms with E-state index in [1.165, 1.54) is 14.0 Å². The van der Waals surface area contributed by atoms with Gasteiger partial charge in [-0.05, 0) is 31.0 Å². The van der Waals surface area contributed by atoms with Crippen molar-refractivity contribution in [2.45, 2.75) is 26.3 Å². The summed E-state index contributed by atoms with van der Waals surface area (Å²) in [5, 5.41) is 5.14. The zero-order chi connectivity index (χ0) is 17.6. The van der Waals surface area contributed by atoms with E-state index >= 15 is 0 Å². The highest BCUT2D eigenvalue weighted by atomic mass is 32.2. The molecule has 0 aromatic heterocycles. The Morgan fingerprint density at radius 1 is 1.30 bits per heavy atom. The van der Waals surface area contributed by atoms with Crippen molar-refractivity contribution in [2.75, 3.05) is 24.4 Å². The molecular weight excluding hydrogens is 320 g/mol. The number of carbonyl (C=O) groups is 2. The minimum Gasteiger partial charge on any atom is -0.495 e. The van der Waals surface area contributed by atoms with Gasteiger partial charge in [0.1, 0.15) is 21.6 Å². The maximum Gasteiger partial charge on any atom is 0.247 e. The highest BCUT2D eigenvalue weighted by molar-refractivity contribution is 7.90. The van der Waals surface area contributed by atoms with E-state index in [9.17, 15) is 18.0 Å². The van der Waals surface area contributed by atoms with Crippen LogP contribution in [-0.2, 0) is 19.4 Å². The van der Waals surface area contributed by atoms with E-state index in [4.69, 9.17) is 4.74 Å². The van der Waals surface area contributed by atoms with Gasteiger partial charge in [0.15, 0.2) is 0 Å². The number of benzene rings is 1. The second-order valence-electron chi connectivity index (χ2n) is 5.36. The smallest absolute Gasteiger partial charge is 0.247 e. The first-order chi connectivity index (χ1) is 10.6. The van der Waals surface area contributed by atoms with E-state index in [2.05, 4.69) is 10.6 Å². The molecule has 0 unspecified atom stereocenters. The molecule has 0 bridgehead atoms. The fourth-order valence-corrected chi connectivity index (χ4v) is 2.65. The van der Waals surface area contributed by atoms with E-state index in [1.807, 2.05) is 13.0 Å². The molecule has 8 heteroatoms. The van der Waals surface area contributed by atoms with Crippen LogP contribution >= 0.6 is 0 Å². The lowest BCUT2D eigenvalue weighted by Gasteiger charge is -2.18. The summed E-state index contributed by atoms with van der Waals surface area (Å²) in [5.41, 5.74) is 1.39. The van der Waals surface area contributed by atoms with Crippen molar-refractivity contribution in [3.8, 4) is 5.75 Å². The Balaban J connectivity index is 2.92. The molecule has 7 nitrogen and oxygen atoms in total. The molecule has 1 atom stereocenters. The lowest BCUT2D eigenvalue weighted by Crippen LogP contribution is -2.44. The fraction of sp³-hybridized carbons (Fsp3) is 0.467. The number of sulfone groups is 1. The summed E-state index contributed by atoms with van der Waals surface area (Å²) in [7, 11) is -1.76. The molecule has 0 saturated heterocycles. The molecule has 0 radical (unpaired) electrons. The molecule has 2 amide bonds. The van der Waals surface area contributed by atoms with Gasteiger partial charge in [0.05, 0.1) is 18.6 Å². The standard InChI is InChI=1S/C15H22N2O5S/c1-10-5-6-14(22-3)13(9-10)17-15(19)12(16-11(2)18)7-8-23(4,20)21/h5-6,9,12H,7-8H2,1-4H3,(H,16,18)(H,17,19)/t12-/m0/s1. The van der Waals surface area contributed by atoms with E-state index in [-0.39, 0.29) is 12.2 Å². The van der Waals surface area contributed by atoms with E-state index in [0.717, 1.165) is 11.8 Å². The van der Waals surface area contributed by atoms with Gasteiger partial charge in [0.25, 0.3) is 0 Å². The fourth-order valence-electron chi connectivity index (χ4n) is 1.99. The van der Waals surface area contributed by atoms with Gasteiger partial charge < -0.3 is 15.4 Å². The van der Waals surface area contributed by atoms with Gasteiger partial charge in [-0.15, -0.1) is 0 Å². The Bertz CT molecular complexity index is 685. The molecule has 0 fully saturated rings. The predicted octanol–water partition coefficient (Wildman–Crippen LogP) is 0.882. The molecule has 2 N–H and O–H groups in total. The van der Waals surface area contributed by atoms with E-state index < -0.39 is 27.7 Å². The second kappa shape index (κ2) is 7.96. The van der Waals surface area contributed by atoms with Crippen molar-refractivity contribution < 1.29 is 22.7 Å². The molecule has 0 aliphatic carbocycles. The van der Waals surface area contributed by atoms with Gasteiger partial charge in [-0.3, -0.25) is 9.59 Å². The maximum absolute atomic E-state index is 12.4. The Kier molecular flexibility index (Phi) is 6.56. The average Bonchev–Trinajstić information content (AvgIpc) is 2.42. The molecule has 128 valence electrons. The number of hydrogen-bond acceptors (Lipinski definition) is 5. The van der Waals surface area contributed by atoms with Gasteiger partial charge >= 0.3 is 0 Å². The summed E-state index contributed by atoms with van der Waals surface area (Å²) in [6, 6.07) is 4.35. The van der Waals surface area contributed by atoms with E-state index in [0.29, 0.717) is 11.4 Å². The molecule has 1 rings (SSSR count). The van der Waals surface area contributed by atoms with Gasteiger partial charge in [-0.25, -0.2) is 8.42 Å². The number of aryl methyl sites for hydroxylation is 1. The topological polar surface area (TPSA) is 102 Å². The molecular formula is C15H22N2O5S. The largest absolute Gasteiger partial charge is 0.495 e. The molecule has 0 heterocycles. The van der Waals surface area contributed by atoms with Crippen molar-refractivity contribution in [2.24, 2.45) is 0 Å². The SMILES string of the molecule is COc1ccc(C)cc1NC(=O)[C@H](CCS(C)(=O)=O)NC(C)=O. The summed E-state index contributed by atoms with van der Waals surface area (Å²) >= 11 is 0. The predicted molar refractivity (Wildman–Crippen MR) is 88.3 cm³/mol. The van der Waals surface area contributed by atoms with Crippen LogP contribution in [0.2, 0.25) is 0 Å². The Labute approximate surface area is 136 Å². The number of ether oxygens (including phenoxy) is 1. The summed E-state index contributed by atoms with van der Waals surface area (Å²) in [6.07, 6.45) is 1.08. The summed E-state index contributed by atoms with van der Waals surface area (Å²) < 4.78 is 27.7. The average molecular weight is 342 g/mol. The van der Waals surface area contributed by atoms with Gasteiger partial charge in [0.2, 0.25) is 11.8 Å². The zero-order valence-electron chi connectivity index (χ0n) is 13.7. The number of nitrogens with one attached hydrogen (secondary N) is 2. The molecule has 0 spiro atoms. The van der Waals surface area contributed by atoms with Crippen LogP contribution in [0, 0.1) is 6.92 Å².